The van der Waals surface area contributed by atoms with E-state index in [1.807, 2.05) is 0 Å². The Hall–Kier alpha value is -2.46. The number of phosphoric acid groups is 2. The number of esters is 4. The van der Waals surface area contributed by atoms with Gasteiger partial charge in [0.1, 0.15) is 19.3 Å². The van der Waals surface area contributed by atoms with Gasteiger partial charge < -0.3 is 33.8 Å². The monoisotopic (exact) mass is 1360 g/mol. The third-order valence-corrected chi connectivity index (χ3v) is 18.8. The number of aliphatic hydroxyl groups is 1. The number of carbonyl (C=O) groups excluding carboxylic acids is 4. The summed E-state index contributed by atoms with van der Waals surface area (Å²) >= 11 is 0. The molecule has 0 aromatic carbocycles. The highest BCUT2D eigenvalue weighted by molar-refractivity contribution is 7.47. The van der Waals surface area contributed by atoms with E-state index in [2.05, 4.69) is 72.8 Å². The molecule has 0 fully saturated rings. The Kier molecular flexibility index (Phi) is 62.5. The summed E-state index contributed by atoms with van der Waals surface area (Å²) in [6.45, 7) is 11.8. The van der Waals surface area contributed by atoms with Gasteiger partial charge in [-0.3, -0.25) is 37.3 Å². The van der Waals surface area contributed by atoms with Crippen LogP contribution in [0.5, 0.6) is 0 Å². The number of rotatable bonds is 70. The number of allylic oxidation sites excluding steroid dienone is 4. The van der Waals surface area contributed by atoms with E-state index in [-0.39, 0.29) is 25.7 Å². The Labute approximate surface area is 567 Å². The lowest BCUT2D eigenvalue weighted by Crippen LogP contribution is -2.30. The molecule has 0 aromatic rings. The highest BCUT2D eigenvalue weighted by Crippen LogP contribution is 2.45. The Balaban J connectivity index is 5.29. The van der Waals surface area contributed by atoms with Crippen molar-refractivity contribution in [3.63, 3.8) is 0 Å². The third kappa shape index (κ3) is 66.6. The summed E-state index contributed by atoms with van der Waals surface area (Å²) in [7, 11) is -9.92. The molecule has 0 amide bonds. The summed E-state index contributed by atoms with van der Waals surface area (Å²) in [5, 5.41) is 10.6. The van der Waals surface area contributed by atoms with Gasteiger partial charge in [0.25, 0.3) is 0 Å². The van der Waals surface area contributed by atoms with Crippen molar-refractivity contribution in [1.82, 2.24) is 0 Å². The van der Waals surface area contributed by atoms with Crippen LogP contribution in [0.1, 0.15) is 350 Å². The van der Waals surface area contributed by atoms with E-state index in [1.54, 1.807) is 0 Å². The van der Waals surface area contributed by atoms with Gasteiger partial charge in [0.05, 0.1) is 26.4 Å². The molecule has 0 aliphatic rings. The van der Waals surface area contributed by atoms with Crippen LogP contribution in [-0.2, 0) is 65.4 Å². The molecule has 3 N–H and O–H groups in total. The first-order valence-corrected chi connectivity index (χ1v) is 40.7. The van der Waals surface area contributed by atoms with Crippen LogP contribution < -0.4 is 0 Å². The Morgan fingerprint density at radius 3 is 0.957 bits per heavy atom. The second-order valence-corrected chi connectivity index (χ2v) is 30.1. The van der Waals surface area contributed by atoms with Gasteiger partial charge in [-0.05, 0) is 69.1 Å². The van der Waals surface area contributed by atoms with Crippen molar-refractivity contribution in [3.05, 3.63) is 24.3 Å². The fraction of sp³-hybridized carbons (Fsp3) is 0.892. The molecule has 3 unspecified atom stereocenters. The number of unbranched alkanes of at least 4 members (excludes halogenated alkanes) is 34. The average molecular weight is 1360 g/mol. The summed E-state index contributed by atoms with van der Waals surface area (Å²) in [6.07, 6.45) is 52.2. The zero-order valence-electron chi connectivity index (χ0n) is 60.2. The van der Waals surface area contributed by atoms with Gasteiger partial charge in [0, 0.05) is 25.7 Å². The normalized spacial score (nSPS) is 14.6. The van der Waals surface area contributed by atoms with E-state index in [9.17, 15) is 43.2 Å². The summed E-state index contributed by atoms with van der Waals surface area (Å²) in [6, 6.07) is 0. The van der Waals surface area contributed by atoms with Crippen LogP contribution >= 0.6 is 15.6 Å². The van der Waals surface area contributed by atoms with Crippen molar-refractivity contribution < 1.29 is 80.2 Å². The van der Waals surface area contributed by atoms with Gasteiger partial charge in [-0.2, -0.15) is 0 Å². The van der Waals surface area contributed by atoms with E-state index in [4.69, 9.17) is 37.0 Å². The lowest BCUT2D eigenvalue weighted by atomic mass is 9.99. The molecule has 0 aliphatic heterocycles. The molecule has 6 atom stereocenters. The zero-order valence-corrected chi connectivity index (χ0v) is 62.0. The number of phosphoric ester groups is 2. The van der Waals surface area contributed by atoms with Crippen molar-refractivity contribution >= 4 is 39.5 Å². The molecule has 0 spiro atoms. The number of ether oxygens (including phenoxy) is 4. The molecule has 0 saturated carbocycles. The first-order valence-electron chi connectivity index (χ1n) is 37.7. The molecule has 0 heterocycles. The minimum absolute atomic E-state index is 0.0836. The molecule has 0 aliphatic carbocycles. The first-order chi connectivity index (χ1) is 44.8. The average Bonchev–Trinajstić information content (AvgIpc) is 3.56. The molecule has 0 saturated heterocycles. The maximum atomic E-state index is 13.1. The minimum atomic E-state index is -4.96. The van der Waals surface area contributed by atoms with E-state index >= 15 is 0 Å². The molecule has 19 heteroatoms. The largest absolute Gasteiger partial charge is 0.472 e. The van der Waals surface area contributed by atoms with Crippen molar-refractivity contribution in [2.75, 3.05) is 39.6 Å². The van der Waals surface area contributed by atoms with Crippen molar-refractivity contribution in [1.29, 1.82) is 0 Å². The van der Waals surface area contributed by atoms with Crippen LogP contribution in [0.15, 0.2) is 24.3 Å². The van der Waals surface area contributed by atoms with E-state index in [1.165, 1.54) is 141 Å². The second-order valence-electron chi connectivity index (χ2n) is 27.2. The molecule has 0 rings (SSSR count). The smallest absolute Gasteiger partial charge is 0.462 e. The number of hydrogen-bond donors (Lipinski definition) is 3. The van der Waals surface area contributed by atoms with Crippen molar-refractivity contribution in [2.45, 2.75) is 369 Å². The van der Waals surface area contributed by atoms with Crippen molar-refractivity contribution in [3.8, 4) is 0 Å². The number of carbonyl (C=O) groups is 4. The highest BCUT2D eigenvalue weighted by atomic mass is 31.2. The fourth-order valence-corrected chi connectivity index (χ4v) is 12.3. The lowest BCUT2D eigenvalue weighted by molar-refractivity contribution is -0.161. The highest BCUT2D eigenvalue weighted by Gasteiger charge is 2.30. The van der Waals surface area contributed by atoms with Crippen molar-refractivity contribution in [2.24, 2.45) is 17.8 Å². The van der Waals surface area contributed by atoms with E-state index < -0.39 is 97.5 Å². The van der Waals surface area contributed by atoms with Crippen LogP contribution in [0, 0.1) is 17.8 Å². The van der Waals surface area contributed by atoms with Gasteiger partial charge in [0.2, 0.25) is 0 Å². The maximum Gasteiger partial charge on any atom is 0.472 e. The second kappa shape index (κ2) is 64.2. The maximum absolute atomic E-state index is 13.1. The Bertz CT molecular complexity index is 1910. The number of aliphatic hydroxyl groups excluding tert-OH is 1. The molecule has 0 bridgehead atoms. The van der Waals surface area contributed by atoms with E-state index in [0.717, 1.165) is 121 Å². The van der Waals surface area contributed by atoms with Gasteiger partial charge in [-0.15, -0.1) is 0 Å². The van der Waals surface area contributed by atoms with Crippen LogP contribution in [0.25, 0.3) is 0 Å². The molecular weight excluding hydrogens is 1220 g/mol. The molecular formula is C74H140O17P2. The van der Waals surface area contributed by atoms with Crippen LogP contribution in [0.4, 0.5) is 0 Å². The predicted octanol–water partition coefficient (Wildman–Crippen LogP) is 21.0. The van der Waals surface area contributed by atoms with Crippen LogP contribution in [0.2, 0.25) is 0 Å². The molecule has 548 valence electrons. The standard InChI is InChI=1S/C74H140O17P2/c1-8-10-11-12-13-14-15-16-17-18-22-29-34-43-50-57-74(79)91-70(62-85-72(77)56-49-42-37-36-39-46-53-66(5)6)64-89-93(82,83)87-60-68(75)59-86-92(80,81)88-63-69(61-84-71(76)55-48-41-33-28-25-24-27-32-40-47-54-67(7)9-2)90-73(78)58-51-44-35-30-23-20-19-21-26-31-38-45-52-65(3)4/h14-17,65-70,75H,8-13,18-64H2,1-7H3,(H,80,81)(H,82,83)/b15-14-,17-16-/t67?,68-,69-,70-/m1/s1. The SMILES string of the molecule is CCCCCC/C=C\C=C/CCCCCCCC(=O)O[C@H](COC(=O)CCCCCCCCC(C)C)COP(=O)(O)OC[C@H](O)COP(=O)(O)OC[C@@H](COC(=O)CCCCCCCCCCCCC(C)CC)OC(=O)CCCCCCCCCCCCCCC(C)C. The summed E-state index contributed by atoms with van der Waals surface area (Å²) in [4.78, 5) is 72.7. The van der Waals surface area contributed by atoms with Gasteiger partial charge >= 0.3 is 39.5 Å². The Morgan fingerprint density at radius 2 is 0.634 bits per heavy atom. The fourth-order valence-electron chi connectivity index (χ4n) is 10.7. The molecule has 0 aromatic heterocycles. The predicted molar refractivity (Wildman–Crippen MR) is 377 cm³/mol. The third-order valence-electron chi connectivity index (χ3n) is 16.9. The summed E-state index contributed by atoms with van der Waals surface area (Å²) < 4.78 is 68.4. The summed E-state index contributed by atoms with van der Waals surface area (Å²) in [5.74, 6) is 0.106. The molecule has 17 nitrogen and oxygen atoms in total. The minimum Gasteiger partial charge on any atom is -0.462 e. The van der Waals surface area contributed by atoms with Gasteiger partial charge in [0.15, 0.2) is 12.2 Å². The molecule has 0 radical (unpaired) electrons. The quantitative estimate of drug-likeness (QED) is 0.0169. The topological polar surface area (TPSA) is 237 Å². The number of hydrogen-bond acceptors (Lipinski definition) is 15. The summed E-state index contributed by atoms with van der Waals surface area (Å²) in [5.41, 5.74) is 0. The zero-order chi connectivity index (χ0) is 68.7. The lowest BCUT2D eigenvalue weighted by Gasteiger charge is -2.21. The van der Waals surface area contributed by atoms with E-state index in [0.29, 0.717) is 31.6 Å². The van der Waals surface area contributed by atoms with Gasteiger partial charge in [-0.1, -0.05) is 297 Å². The Morgan fingerprint density at radius 1 is 0.355 bits per heavy atom. The van der Waals surface area contributed by atoms with Crippen LogP contribution in [-0.4, -0.2) is 96.7 Å². The first kappa shape index (κ1) is 90.5. The molecule has 93 heavy (non-hydrogen) atoms. The van der Waals surface area contributed by atoms with Gasteiger partial charge in [-0.25, -0.2) is 9.13 Å². The van der Waals surface area contributed by atoms with Crippen LogP contribution in [0.3, 0.4) is 0 Å².